The lowest BCUT2D eigenvalue weighted by Gasteiger charge is -2.48. The van der Waals surface area contributed by atoms with Gasteiger partial charge in [0.2, 0.25) is 0 Å². The maximum absolute atomic E-state index is 13.3. The third kappa shape index (κ3) is 4.50. The molecule has 2 aliphatic rings. The van der Waals surface area contributed by atoms with Gasteiger partial charge >= 0.3 is 0 Å². The lowest BCUT2D eigenvalue weighted by molar-refractivity contribution is 0.00863. The molecule has 184 valence electrons. The van der Waals surface area contributed by atoms with E-state index in [0.29, 0.717) is 54.2 Å². The second-order valence-corrected chi connectivity index (χ2v) is 10.5. The first-order valence-electron chi connectivity index (χ1n) is 12.0. The van der Waals surface area contributed by atoms with Crippen molar-refractivity contribution in [1.29, 1.82) is 0 Å². The van der Waals surface area contributed by atoms with Crippen LogP contribution in [-0.4, -0.2) is 86.8 Å². The summed E-state index contributed by atoms with van der Waals surface area (Å²) in [5.74, 6) is 0.855. The van der Waals surface area contributed by atoms with E-state index in [2.05, 4.69) is 14.9 Å². The fourth-order valence-corrected chi connectivity index (χ4v) is 5.64. The van der Waals surface area contributed by atoms with Crippen molar-refractivity contribution in [3.05, 3.63) is 81.0 Å². The summed E-state index contributed by atoms with van der Waals surface area (Å²) in [6, 6.07) is 13.7. The van der Waals surface area contributed by atoms with E-state index in [9.17, 15) is 9.59 Å². The highest BCUT2D eigenvalue weighted by atomic mass is 35.5. The average molecular weight is 521 g/mol. The van der Waals surface area contributed by atoms with Crippen LogP contribution in [0.15, 0.2) is 54.0 Å². The third-order valence-electron chi connectivity index (χ3n) is 6.97. The Kier molecular flexibility index (Phi) is 6.20. The molecule has 0 unspecified atom stereocenters. The smallest absolute Gasteiger partial charge is 0.282 e. The number of hydrogen-bond donors (Lipinski definition) is 1. The summed E-state index contributed by atoms with van der Waals surface area (Å²) in [4.78, 5) is 44.2. The van der Waals surface area contributed by atoms with E-state index < -0.39 is 0 Å². The number of likely N-dealkylation sites (tertiary alicyclic amines) is 1. The molecule has 36 heavy (non-hydrogen) atoms. The summed E-state index contributed by atoms with van der Waals surface area (Å²) in [7, 11) is 0. The Hall–Kier alpha value is -3.27. The summed E-state index contributed by atoms with van der Waals surface area (Å²) >= 11 is 7.37. The highest BCUT2D eigenvalue weighted by Gasteiger charge is 2.37. The number of rotatable bonds is 5. The first-order valence-corrected chi connectivity index (χ1v) is 13.2. The van der Waals surface area contributed by atoms with Gasteiger partial charge in [-0.1, -0.05) is 29.8 Å². The summed E-state index contributed by atoms with van der Waals surface area (Å²) in [6.07, 6.45) is 2.31. The first kappa shape index (κ1) is 23.1. The maximum atomic E-state index is 13.3. The molecule has 4 aromatic rings. The monoisotopic (exact) mass is 520 g/mol. The number of piperazine rings is 1. The lowest BCUT2D eigenvalue weighted by atomic mass is 10.0. The molecule has 2 amide bonds. The highest BCUT2D eigenvalue weighted by Crippen LogP contribution is 2.24. The predicted molar refractivity (Wildman–Crippen MR) is 140 cm³/mol. The number of aromatic nitrogens is 3. The number of halogens is 1. The average Bonchev–Trinajstić information content (AvgIpc) is 3.54. The molecule has 2 fully saturated rings. The zero-order valence-corrected chi connectivity index (χ0v) is 21.1. The molecular formula is C26H25ClN6O2S. The van der Waals surface area contributed by atoms with Crippen LogP contribution in [-0.2, 0) is 6.42 Å². The molecule has 0 bridgehead atoms. The van der Waals surface area contributed by atoms with Gasteiger partial charge < -0.3 is 14.8 Å². The summed E-state index contributed by atoms with van der Waals surface area (Å²) < 4.78 is 0. The zero-order chi connectivity index (χ0) is 24.6. The topological polar surface area (TPSA) is 85.4 Å². The molecule has 0 spiro atoms. The van der Waals surface area contributed by atoms with E-state index in [1.165, 1.54) is 11.3 Å². The number of carbonyl (C=O) groups excluding carboxylic acids is 2. The number of benzene rings is 2. The highest BCUT2D eigenvalue weighted by molar-refractivity contribution is 7.11. The Balaban J connectivity index is 1.07. The van der Waals surface area contributed by atoms with Crippen LogP contribution in [0.1, 0.15) is 31.5 Å². The lowest BCUT2D eigenvalue weighted by Crippen LogP contribution is -2.64. The molecule has 0 aliphatic carbocycles. The van der Waals surface area contributed by atoms with E-state index in [4.69, 9.17) is 16.6 Å². The maximum Gasteiger partial charge on any atom is 0.282 e. The van der Waals surface area contributed by atoms with Crippen LogP contribution >= 0.6 is 22.9 Å². The molecule has 10 heteroatoms. The molecule has 6 rings (SSSR count). The number of fused-ring (bicyclic) bond motifs is 1. The number of aromatic amines is 1. The molecule has 0 saturated carbocycles. The van der Waals surface area contributed by atoms with Gasteiger partial charge in [0.05, 0.1) is 16.6 Å². The van der Waals surface area contributed by atoms with Gasteiger partial charge in [-0.15, -0.1) is 11.3 Å². The summed E-state index contributed by atoms with van der Waals surface area (Å²) in [5.41, 5.74) is 3.33. The van der Waals surface area contributed by atoms with Crippen LogP contribution in [0.5, 0.6) is 0 Å². The molecule has 4 heterocycles. The van der Waals surface area contributed by atoms with Crippen molar-refractivity contribution in [2.24, 2.45) is 0 Å². The quantitative estimate of drug-likeness (QED) is 0.435. The van der Waals surface area contributed by atoms with Crippen LogP contribution in [0.2, 0.25) is 5.02 Å². The standard InChI is InChI=1S/C26H25ClN6O2S/c27-18-6-4-17(5-7-18)14-22-29-21-3-1-2-20(23(21)30-22)25(34)33-15-19(16-33)31-9-11-32(12-10-31)26(35)24-28-8-13-36-24/h1-8,13,19H,9-12,14-16H2,(H,29,30). The summed E-state index contributed by atoms with van der Waals surface area (Å²) in [5, 5.41) is 3.08. The largest absolute Gasteiger partial charge is 0.341 e. The zero-order valence-electron chi connectivity index (χ0n) is 19.6. The van der Waals surface area contributed by atoms with Crippen molar-refractivity contribution in [3.63, 3.8) is 0 Å². The first-order chi connectivity index (χ1) is 17.5. The molecule has 2 aliphatic heterocycles. The minimum Gasteiger partial charge on any atom is -0.341 e. The second-order valence-electron chi connectivity index (χ2n) is 9.22. The van der Waals surface area contributed by atoms with Crippen LogP contribution < -0.4 is 0 Å². The molecule has 1 N–H and O–H groups in total. The van der Waals surface area contributed by atoms with E-state index in [1.807, 2.05) is 57.6 Å². The Morgan fingerprint density at radius 1 is 1.00 bits per heavy atom. The van der Waals surface area contributed by atoms with Crippen LogP contribution in [0.3, 0.4) is 0 Å². The van der Waals surface area contributed by atoms with Crippen LogP contribution in [0, 0.1) is 0 Å². The van der Waals surface area contributed by atoms with Gasteiger partial charge in [0.25, 0.3) is 11.8 Å². The number of H-pyrrole nitrogens is 1. The van der Waals surface area contributed by atoms with Crippen molar-refractivity contribution < 1.29 is 9.59 Å². The normalized spacial score (nSPS) is 16.9. The number of para-hydroxylation sites is 1. The Morgan fingerprint density at radius 3 is 2.50 bits per heavy atom. The number of nitrogens with one attached hydrogen (secondary N) is 1. The molecule has 2 saturated heterocycles. The van der Waals surface area contributed by atoms with Gasteiger partial charge in [0.15, 0.2) is 5.01 Å². The van der Waals surface area contributed by atoms with E-state index >= 15 is 0 Å². The second kappa shape index (κ2) is 9.65. The van der Waals surface area contributed by atoms with Crippen LogP contribution in [0.4, 0.5) is 0 Å². The van der Waals surface area contributed by atoms with Gasteiger partial charge in [-0.2, -0.15) is 0 Å². The molecule has 8 nitrogen and oxygen atoms in total. The molecule has 0 radical (unpaired) electrons. The van der Waals surface area contributed by atoms with Crippen molar-refractivity contribution >= 4 is 45.8 Å². The third-order valence-corrected chi connectivity index (χ3v) is 7.98. The predicted octanol–water partition coefficient (Wildman–Crippen LogP) is 3.55. The van der Waals surface area contributed by atoms with Gasteiger partial charge in [-0.05, 0) is 29.8 Å². The number of carbonyl (C=O) groups is 2. The van der Waals surface area contributed by atoms with Crippen molar-refractivity contribution in [2.75, 3.05) is 39.3 Å². The minimum absolute atomic E-state index is 0.0122. The molecule has 2 aromatic carbocycles. The summed E-state index contributed by atoms with van der Waals surface area (Å²) in [6.45, 7) is 4.39. The van der Waals surface area contributed by atoms with Crippen LogP contribution in [0.25, 0.3) is 11.0 Å². The van der Waals surface area contributed by atoms with E-state index in [1.54, 1.807) is 6.20 Å². The van der Waals surface area contributed by atoms with Gasteiger partial charge in [0.1, 0.15) is 5.82 Å². The molecule has 2 aromatic heterocycles. The molecular weight excluding hydrogens is 496 g/mol. The fourth-order valence-electron chi connectivity index (χ4n) is 4.92. The van der Waals surface area contributed by atoms with Crippen molar-refractivity contribution in [1.82, 2.24) is 29.7 Å². The van der Waals surface area contributed by atoms with E-state index in [0.717, 1.165) is 35.5 Å². The van der Waals surface area contributed by atoms with Gasteiger partial charge in [-0.25, -0.2) is 9.97 Å². The van der Waals surface area contributed by atoms with Crippen molar-refractivity contribution in [2.45, 2.75) is 12.5 Å². The Morgan fingerprint density at radius 2 is 1.78 bits per heavy atom. The number of nitrogens with zero attached hydrogens (tertiary/aromatic N) is 5. The molecule has 0 atom stereocenters. The number of imidazole rings is 1. The SMILES string of the molecule is O=C(c1nccs1)N1CCN(C2CN(C(=O)c3cccc4nc(Cc5ccc(Cl)cc5)[nH]c34)C2)CC1. The fraction of sp³-hybridized carbons (Fsp3) is 0.308. The number of thiazole rings is 1. The van der Waals surface area contributed by atoms with Crippen molar-refractivity contribution in [3.8, 4) is 0 Å². The minimum atomic E-state index is 0.0122. The van der Waals surface area contributed by atoms with Gasteiger partial charge in [0, 0.05) is 68.3 Å². The van der Waals surface area contributed by atoms with Gasteiger partial charge in [-0.3, -0.25) is 14.5 Å². The van der Waals surface area contributed by atoms with E-state index in [-0.39, 0.29) is 11.8 Å². The Labute approximate surface area is 217 Å². The number of amides is 2. The Bertz CT molecular complexity index is 1390. The number of hydrogen-bond acceptors (Lipinski definition) is 6.